The molecule has 0 aliphatic rings. The third-order valence-corrected chi connectivity index (χ3v) is 7.04. The van der Waals surface area contributed by atoms with E-state index in [1.807, 2.05) is 55.5 Å². The van der Waals surface area contributed by atoms with E-state index in [0.29, 0.717) is 31.7 Å². The van der Waals surface area contributed by atoms with Crippen LogP contribution in [0.2, 0.25) is 0 Å². The van der Waals surface area contributed by atoms with E-state index in [1.54, 1.807) is 16.7 Å². The number of amides is 2. The Morgan fingerprint density at radius 2 is 1.60 bits per heavy atom. The zero-order chi connectivity index (χ0) is 25.0. The van der Waals surface area contributed by atoms with E-state index >= 15 is 0 Å². The summed E-state index contributed by atoms with van der Waals surface area (Å²) >= 11 is 1.67. The summed E-state index contributed by atoms with van der Waals surface area (Å²) in [5.41, 5.74) is 4.44. The van der Waals surface area contributed by atoms with Crippen LogP contribution in [-0.2, 0) is 22.6 Å². The number of hydrogen-bond acceptors (Lipinski definition) is 3. The van der Waals surface area contributed by atoms with Gasteiger partial charge in [0.15, 0.2) is 0 Å². The number of carbonyl (C=O) groups excluding carboxylic acids is 2. The lowest BCUT2D eigenvalue weighted by atomic mass is 10.0. The molecule has 0 aliphatic heterocycles. The molecule has 0 fully saturated rings. The second-order valence-electron chi connectivity index (χ2n) is 8.86. The predicted octanol–water partition coefficient (Wildman–Crippen LogP) is 5.95. The molecule has 0 unspecified atom stereocenters. The number of benzene rings is 3. The topological polar surface area (TPSA) is 49.4 Å². The van der Waals surface area contributed by atoms with E-state index in [9.17, 15) is 9.59 Å². The molecule has 0 aliphatic carbocycles. The second kappa shape index (κ2) is 13.7. The molecular formula is C30H36N2O2S. The minimum atomic E-state index is -0.569. The summed E-state index contributed by atoms with van der Waals surface area (Å²) in [5.74, 6) is 0.574. The maximum atomic E-state index is 13.6. The van der Waals surface area contributed by atoms with Gasteiger partial charge in [-0.25, -0.2) is 0 Å². The van der Waals surface area contributed by atoms with Gasteiger partial charge < -0.3 is 10.2 Å². The lowest BCUT2D eigenvalue weighted by Crippen LogP contribution is -2.50. The molecule has 0 radical (unpaired) electrons. The Hall–Kier alpha value is -3.05. The first kappa shape index (κ1) is 26.6. The van der Waals surface area contributed by atoms with E-state index in [1.165, 1.54) is 5.56 Å². The van der Waals surface area contributed by atoms with Crippen molar-refractivity contribution in [1.29, 1.82) is 0 Å². The van der Waals surface area contributed by atoms with E-state index < -0.39 is 6.04 Å². The number of nitrogens with zero attached hydrogens (tertiary/aromatic N) is 1. The minimum absolute atomic E-state index is 0.000411. The molecule has 2 amide bonds. The molecule has 0 heterocycles. The molecule has 0 saturated carbocycles. The zero-order valence-electron chi connectivity index (χ0n) is 21.0. The molecule has 0 bridgehead atoms. The predicted molar refractivity (Wildman–Crippen MR) is 145 cm³/mol. The average molecular weight is 489 g/mol. The summed E-state index contributed by atoms with van der Waals surface area (Å²) in [7, 11) is 0. The molecule has 3 aromatic rings. The van der Waals surface area contributed by atoms with Gasteiger partial charge in [-0.3, -0.25) is 9.59 Å². The van der Waals surface area contributed by atoms with Gasteiger partial charge in [-0.15, -0.1) is 11.8 Å². The molecule has 4 nitrogen and oxygen atoms in total. The van der Waals surface area contributed by atoms with Gasteiger partial charge in [-0.2, -0.15) is 0 Å². The summed E-state index contributed by atoms with van der Waals surface area (Å²) in [6, 6.07) is 25.8. The van der Waals surface area contributed by atoms with Crippen LogP contribution in [-0.4, -0.2) is 35.1 Å². The van der Waals surface area contributed by atoms with E-state index in [4.69, 9.17) is 0 Å². The van der Waals surface area contributed by atoms with Crippen LogP contribution in [0, 0.1) is 13.8 Å². The van der Waals surface area contributed by atoms with Gasteiger partial charge in [0, 0.05) is 36.6 Å². The Kier molecular flexibility index (Phi) is 10.4. The Labute approximate surface area is 214 Å². The highest BCUT2D eigenvalue weighted by Gasteiger charge is 2.30. The number of nitrogens with one attached hydrogen (secondary N) is 1. The molecule has 184 valence electrons. The summed E-state index contributed by atoms with van der Waals surface area (Å²) in [5, 5.41) is 3.04. The quantitative estimate of drug-likeness (QED) is 0.320. The fourth-order valence-corrected chi connectivity index (χ4v) is 4.77. The molecular weight excluding hydrogens is 452 g/mol. The SMILES string of the molecule is CCCNC(=O)[C@@H](Cc1ccccc1)N(Cc1ccccc1C)C(=O)CCSc1ccc(C)cc1. The molecule has 1 N–H and O–H groups in total. The average Bonchev–Trinajstić information content (AvgIpc) is 2.87. The van der Waals surface area contributed by atoms with Crippen LogP contribution in [0.4, 0.5) is 0 Å². The number of aryl methyl sites for hydroxylation is 2. The highest BCUT2D eigenvalue weighted by atomic mass is 32.2. The van der Waals surface area contributed by atoms with Gasteiger partial charge in [-0.05, 0) is 49.1 Å². The Morgan fingerprint density at radius 1 is 0.914 bits per heavy atom. The van der Waals surface area contributed by atoms with Gasteiger partial charge in [-0.1, -0.05) is 79.2 Å². The third-order valence-electron chi connectivity index (χ3n) is 6.03. The highest BCUT2D eigenvalue weighted by molar-refractivity contribution is 7.99. The smallest absolute Gasteiger partial charge is 0.243 e. The van der Waals surface area contributed by atoms with E-state index in [-0.39, 0.29) is 11.8 Å². The van der Waals surface area contributed by atoms with Crippen molar-refractivity contribution < 1.29 is 9.59 Å². The first-order valence-corrected chi connectivity index (χ1v) is 13.3. The molecule has 5 heteroatoms. The van der Waals surface area contributed by atoms with Crippen molar-refractivity contribution in [2.24, 2.45) is 0 Å². The van der Waals surface area contributed by atoms with Gasteiger partial charge in [0.25, 0.3) is 0 Å². The number of carbonyl (C=O) groups is 2. The Morgan fingerprint density at radius 3 is 2.29 bits per heavy atom. The Balaban J connectivity index is 1.83. The third kappa shape index (κ3) is 8.29. The van der Waals surface area contributed by atoms with Crippen molar-refractivity contribution >= 4 is 23.6 Å². The highest BCUT2D eigenvalue weighted by Crippen LogP contribution is 2.22. The summed E-state index contributed by atoms with van der Waals surface area (Å²) in [6.45, 7) is 7.16. The normalized spacial score (nSPS) is 11.6. The van der Waals surface area contributed by atoms with Crippen molar-refractivity contribution in [1.82, 2.24) is 10.2 Å². The van der Waals surface area contributed by atoms with Crippen LogP contribution in [0.1, 0.15) is 42.0 Å². The van der Waals surface area contributed by atoms with Crippen molar-refractivity contribution in [3.05, 3.63) is 101 Å². The van der Waals surface area contributed by atoms with Crippen LogP contribution in [0.3, 0.4) is 0 Å². The summed E-state index contributed by atoms with van der Waals surface area (Å²) < 4.78 is 0. The molecule has 0 aromatic heterocycles. The maximum Gasteiger partial charge on any atom is 0.243 e. The molecule has 35 heavy (non-hydrogen) atoms. The Bertz CT molecular complexity index is 1080. The first-order chi connectivity index (χ1) is 17.0. The lowest BCUT2D eigenvalue weighted by molar-refractivity contribution is -0.141. The lowest BCUT2D eigenvalue weighted by Gasteiger charge is -2.32. The molecule has 1 atom stereocenters. The minimum Gasteiger partial charge on any atom is -0.354 e. The molecule has 0 spiro atoms. The zero-order valence-corrected chi connectivity index (χ0v) is 21.8. The van der Waals surface area contributed by atoms with Gasteiger partial charge >= 0.3 is 0 Å². The molecule has 3 aromatic carbocycles. The summed E-state index contributed by atoms with van der Waals surface area (Å²) in [4.78, 5) is 29.9. The fraction of sp³-hybridized carbons (Fsp3) is 0.333. The fourth-order valence-electron chi connectivity index (χ4n) is 3.93. The monoisotopic (exact) mass is 488 g/mol. The molecule has 0 saturated heterocycles. The van der Waals surface area contributed by atoms with Crippen LogP contribution in [0.15, 0.2) is 83.8 Å². The molecule has 3 rings (SSSR count). The van der Waals surface area contributed by atoms with Crippen molar-refractivity contribution in [2.75, 3.05) is 12.3 Å². The van der Waals surface area contributed by atoms with Gasteiger partial charge in [0.2, 0.25) is 11.8 Å². The van der Waals surface area contributed by atoms with Gasteiger partial charge in [0.05, 0.1) is 0 Å². The number of thioether (sulfide) groups is 1. The second-order valence-corrected chi connectivity index (χ2v) is 10.0. The first-order valence-electron chi connectivity index (χ1n) is 12.3. The van der Waals surface area contributed by atoms with Crippen molar-refractivity contribution in [3.63, 3.8) is 0 Å². The van der Waals surface area contributed by atoms with Crippen LogP contribution < -0.4 is 5.32 Å². The largest absolute Gasteiger partial charge is 0.354 e. The number of rotatable bonds is 12. The standard InChI is InChI=1S/C30H36N2O2S/c1-4-19-31-30(34)28(21-25-11-6-5-7-12-25)32(22-26-13-9-8-10-24(26)3)29(33)18-20-35-27-16-14-23(2)15-17-27/h5-17,28H,4,18-22H2,1-3H3,(H,31,34)/t28-/m1/s1. The van der Waals surface area contributed by atoms with Gasteiger partial charge in [0.1, 0.15) is 6.04 Å². The summed E-state index contributed by atoms with van der Waals surface area (Å²) in [6.07, 6.45) is 1.71. The van der Waals surface area contributed by atoms with Crippen molar-refractivity contribution in [2.45, 2.75) is 57.5 Å². The van der Waals surface area contributed by atoms with E-state index in [2.05, 4.69) is 49.5 Å². The van der Waals surface area contributed by atoms with Crippen LogP contribution in [0.25, 0.3) is 0 Å². The number of hydrogen-bond donors (Lipinski definition) is 1. The van der Waals surface area contributed by atoms with Crippen molar-refractivity contribution in [3.8, 4) is 0 Å². The van der Waals surface area contributed by atoms with E-state index in [0.717, 1.165) is 28.0 Å². The maximum absolute atomic E-state index is 13.6. The van der Waals surface area contributed by atoms with Crippen LogP contribution in [0.5, 0.6) is 0 Å². The van der Waals surface area contributed by atoms with Crippen LogP contribution >= 0.6 is 11.8 Å².